The Balaban J connectivity index is 1.36. The second-order valence-corrected chi connectivity index (χ2v) is 7.74. The van der Waals surface area contributed by atoms with Crippen molar-refractivity contribution in [2.45, 2.75) is 12.9 Å². The number of alkyl halides is 3. The Morgan fingerprint density at radius 3 is 2.71 bits per heavy atom. The van der Waals surface area contributed by atoms with Gasteiger partial charge in [0, 0.05) is 11.6 Å². The zero-order chi connectivity index (χ0) is 24.7. The van der Waals surface area contributed by atoms with Crippen LogP contribution in [0.3, 0.4) is 0 Å². The summed E-state index contributed by atoms with van der Waals surface area (Å²) in [7, 11) is 0. The van der Waals surface area contributed by atoms with Crippen LogP contribution in [0.2, 0.25) is 5.02 Å². The van der Waals surface area contributed by atoms with Crippen LogP contribution in [0, 0.1) is 11.6 Å². The number of hydrogen-bond donors (Lipinski definition) is 1. The molecule has 0 aliphatic carbocycles. The minimum atomic E-state index is -4.86. The van der Waals surface area contributed by atoms with Crippen LogP contribution >= 0.6 is 11.6 Å². The van der Waals surface area contributed by atoms with Crippen LogP contribution in [-0.2, 0) is 6.54 Å². The molecule has 7 nitrogen and oxygen atoms in total. The van der Waals surface area contributed by atoms with E-state index < -0.39 is 23.7 Å². The minimum absolute atomic E-state index is 0.0158. The first-order valence-corrected chi connectivity index (χ1v) is 10.3. The van der Waals surface area contributed by atoms with Gasteiger partial charge in [-0.25, -0.2) is 13.8 Å². The summed E-state index contributed by atoms with van der Waals surface area (Å²) in [6, 6.07) is 9.10. The van der Waals surface area contributed by atoms with Crippen LogP contribution in [-0.4, -0.2) is 26.6 Å². The predicted molar refractivity (Wildman–Crippen MR) is 112 cm³/mol. The summed E-state index contributed by atoms with van der Waals surface area (Å²) in [5, 5.41) is 7.90. The number of imidazole rings is 1. The van der Waals surface area contributed by atoms with Gasteiger partial charge < -0.3 is 14.2 Å². The standard InChI is InChI=1S/C22H11ClF5N5O2/c23-14-6-11(4-5-19(14)34-22(26,27)28)16-7-12(35-32-16)9-33-10-18-17(8-29-33)30-21(31-18)13-2-1-3-15(24)20(13)25/h1-8,10H,9H2/p+1. The molecule has 3 heterocycles. The first-order valence-electron chi connectivity index (χ1n) is 9.87. The van der Waals surface area contributed by atoms with E-state index in [0.29, 0.717) is 28.1 Å². The maximum absolute atomic E-state index is 14.1. The van der Waals surface area contributed by atoms with Crippen molar-refractivity contribution in [3.8, 4) is 28.4 Å². The lowest BCUT2D eigenvalue weighted by molar-refractivity contribution is -0.746. The maximum Gasteiger partial charge on any atom is 0.573 e. The molecule has 5 rings (SSSR count). The smallest absolute Gasteiger partial charge is 0.404 e. The lowest BCUT2D eigenvalue weighted by atomic mass is 10.1. The van der Waals surface area contributed by atoms with Gasteiger partial charge in [-0.1, -0.05) is 27.5 Å². The number of rotatable bonds is 5. The summed E-state index contributed by atoms with van der Waals surface area (Å²) in [5.74, 6) is -2.00. The molecule has 13 heteroatoms. The van der Waals surface area contributed by atoms with E-state index in [1.807, 2.05) is 0 Å². The fourth-order valence-electron chi connectivity index (χ4n) is 3.36. The van der Waals surface area contributed by atoms with Gasteiger partial charge in [0.05, 0.1) is 10.6 Å². The molecule has 0 saturated carbocycles. The fourth-order valence-corrected chi connectivity index (χ4v) is 3.58. The van der Waals surface area contributed by atoms with E-state index in [9.17, 15) is 22.0 Å². The predicted octanol–water partition coefficient (Wildman–Crippen LogP) is 5.45. The molecule has 0 aliphatic heterocycles. The lowest BCUT2D eigenvalue weighted by Gasteiger charge is -2.10. The SMILES string of the molecule is Fc1cccc(-c2nc3cn[n+](Cc4cc(-c5ccc(OC(F)(F)F)c(Cl)c5)no4)cc3[nH]2)c1F. The van der Waals surface area contributed by atoms with E-state index in [2.05, 4.69) is 25.0 Å². The van der Waals surface area contributed by atoms with E-state index in [1.165, 1.54) is 35.1 Å². The van der Waals surface area contributed by atoms with Crippen molar-refractivity contribution in [1.82, 2.24) is 20.2 Å². The highest BCUT2D eigenvalue weighted by Gasteiger charge is 2.32. The summed E-state index contributed by atoms with van der Waals surface area (Å²) in [6.07, 6.45) is -1.81. The number of aromatic nitrogens is 5. The normalized spacial score (nSPS) is 11.8. The highest BCUT2D eigenvalue weighted by molar-refractivity contribution is 6.32. The van der Waals surface area contributed by atoms with Crippen LogP contribution in [0.4, 0.5) is 22.0 Å². The third-order valence-corrected chi connectivity index (χ3v) is 5.20. The summed E-state index contributed by atoms with van der Waals surface area (Å²) < 4.78 is 75.6. The highest BCUT2D eigenvalue weighted by atomic mass is 35.5. The Morgan fingerprint density at radius 2 is 1.94 bits per heavy atom. The maximum atomic E-state index is 14.1. The molecule has 0 bridgehead atoms. The van der Waals surface area contributed by atoms with E-state index >= 15 is 0 Å². The van der Waals surface area contributed by atoms with Gasteiger partial charge in [0.2, 0.25) is 18.5 Å². The van der Waals surface area contributed by atoms with E-state index in [-0.39, 0.29) is 23.0 Å². The van der Waals surface area contributed by atoms with E-state index in [4.69, 9.17) is 16.1 Å². The van der Waals surface area contributed by atoms with Crippen LogP contribution in [0.1, 0.15) is 5.76 Å². The van der Waals surface area contributed by atoms with E-state index in [0.717, 1.165) is 12.1 Å². The second kappa shape index (κ2) is 8.62. The summed E-state index contributed by atoms with van der Waals surface area (Å²) in [6.45, 7) is 0.147. The third-order valence-electron chi connectivity index (χ3n) is 4.90. The average Bonchev–Trinajstić information content (AvgIpc) is 3.43. The average molecular weight is 509 g/mol. The molecule has 0 atom stereocenters. The zero-order valence-electron chi connectivity index (χ0n) is 17.3. The Labute approximate surface area is 197 Å². The van der Waals surface area contributed by atoms with Gasteiger partial charge in [0.15, 0.2) is 11.6 Å². The van der Waals surface area contributed by atoms with Gasteiger partial charge in [0.25, 0.3) is 0 Å². The number of nitrogens with one attached hydrogen (secondary N) is 1. The zero-order valence-corrected chi connectivity index (χ0v) is 18.0. The molecule has 0 aliphatic rings. The summed E-state index contributed by atoms with van der Waals surface area (Å²) >= 11 is 5.89. The quantitative estimate of drug-likeness (QED) is 0.252. The highest BCUT2D eigenvalue weighted by Crippen LogP contribution is 2.33. The van der Waals surface area contributed by atoms with Crippen molar-refractivity contribution >= 4 is 22.6 Å². The number of nitrogens with zero attached hydrogens (tertiary/aromatic N) is 4. The van der Waals surface area contributed by atoms with Gasteiger partial charge in [-0.3, -0.25) is 0 Å². The molecule has 1 N–H and O–H groups in total. The summed E-state index contributed by atoms with van der Waals surface area (Å²) in [4.78, 5) is 7.18. The molecule has 2 aromatic carbocycles. The lowest BCUT2D eigenvalue weighted by Crippen LogP contribution is -2.37. The van der Waals surface area contributed by atoms with Crippen molar-refractivity contribution in [2.75, 3.05) is 0 Å². The largest absolute Gasteiger partial charge is 0.573 e. The number of H-pyrrole nitrogens is 1. The molecule has 0 amide bonds. The molecular formula is C22H12ClF5N5O2+. The fraction of sp³-hybridized carbons (Fsp3) is 0.0909. The Hall–Kier alpha value is -4.06. The molecular weight excluding hydrogens is 497 g/mol. The molecule has 0 spiro atoms. The van der Waals surface area contributed by atoms with Crippen molar-refractivity contribution in [2.24, 2.45) is 0 Å². The van der Waals surface area contributed by atoms with Crippen LogP contribution in [0.5, 0.6) is 5.75 Å². The molecule has 3 aromatic heterocycles. The first kappa shape index (κ1) is 22.7. The van der Waals surface area contributed by atoms with Crippen molar-refractivity contribution in [3.05, 3.63) is 77.3 Å². The number of aromatic amines is 1. The van der Waals surface area contributed by atoms with Crippen molar-refractivity contribution < 1.29 is 35.9 Å². The molecule has 178 valence electrons. The van der Waals surface area contributed by atoms with Crippen LogP contribution in [0.15, 0.2) is 59.4 Å². The third kappa shape index (κ3) is 4.78. The first-order chi connectivity index (χ1) is 16.7. The molecule has 0 fully saturated rings. The number of halogens is 6. The van der Waals surface area contributed by atoms with Gasteiger partial charge in [-0.05, 0) is 35.4 Å². The van der Waals surface area contributed by atoms with Crippen molar-refractivity contribution in [3.63, 3.8) is 0 Å². The number of benzene rings is 2. The molecule has 0 unspecified atom stereocenters. The van der Waals surface area contributed by atoms with Gasteiger partial charge in [-0.2, -0.15) is 0 Å². The van der Waals surface area contributed by atoms with Crippen LogP contribution in [0.25, 0.3) is 33.7 Å². The Morgan fingerprint density at radius 1 is 1.11 bits per heavy atom. The molecule has 0 radical (unpaired) electrons. The number of ether oxygens (including phenoxy) is 1. The number of hydrogen-bond acceptors (Lipinski definition) is 5. The van der Waals surface area contributed by atoms with Gasteiger partial charge in [-0.15, -0.1) is 13.2 Å². The minimum Gasteiger partial charge on any atom is -0.404 e. The van der Waals surface area contributed by atoms with Crippen LogP contribution < -0.4 is 9.42 Å². The number of fused-ring (bicyclic) bond motifs is 1. The topological polar surface area (TPSA) is 80.7 Å². The van der Waals surface area contributed by atoms with E-state index in [1.54, 1.807) is 12.3 Å². The monoisotopic (exact) mass is 508 g/mol. The summed E-state index contributed by atoms with van der Waals surface area (Å²) in [5.41, 5.74) is 1.70. The Bertz CT molecular complexity index is 1550. The second-order valence-electron chi connectivity index (χ2n) is 7.33. The molecule has 35 heavy (non-hydrogen) atoms. The van der Waals surface area contributed by atoms with Gasteiger partial charge in [0.1, 0.15) is 34.5 Å². The van der Waals surface area contributed by atoms with Gasteiger partial charge >= 0.3 is 6.36 Å². The Kier molecular flexibility index (Phi) is 5.59. The van der Waals surface area contributed by atoms with Crippen molar-refractivity contribution in [1.29, 1.82) is 0 Å². The molecule has 0 saturated heterocycles. The molecule has 5 aromatic rings.